The first-order valence-corrected chi connectivity index (χ1v) is 10.1. The number of methoxy groups -OCH3 is 2. The van der Waals surface area contributed by atoms with Crippen LogP contribution < -0.4 is 14.8 Å². The van der Waals surface area contributed by atoms with Crippen LogP contribution in [0.3, 0.4) is 0 Å². The molecule has 6 nitrogen and oxygen atoms in total. The molecule has 2 heterocycles. The number of ether oxygens (including phenoxy) is 2. The SMILES string of the molecule is COc1cc(OC)cc(C(=O)Nc2nc(CN3C[C@@H](C)C[C@H](C)C3)cs2)c1. The highest BCUT2D eigenvalue weighted by molar-refractivity contribution is 7.13. The first-order valence-electron chi connectivity index (χ1n) is 9.18. The van der Waals surface area contributed by atoms with E-state index in [1.165, 1.54) is 17.8 Å². The molecule has 0 aliphatic carbocycles. The van der Waals surface area contributed by atoms with Crippen molar-refractivity contribution in [3.63, 3.8) is 0 Å². The van der Waals surface area contributed by atoms with Gasteiger partial charge in [-0.1, -0.05) is 13.8 Å². The summed E-state index contributed by atoms with van der Waals surface area (Å²) in [6, 6.07) is 5.10. The lowest BCUT2D eigenvalue weighted by Crippen LogP contribution is -2.38. The average molecular weight is 390 g/mol. The van der Waals surface area contributed by atoms with Gasteiger partial charge in [-0.15, -0.1) is 11.3 Å². The molecule has 1 aromatic heterocycles. The second-order valence-electron chi connectivity index (χ2n) is 7.34. The number of anilines is 1. The Morgan fingerprint density at radius 1 is 1.19 bits per heavy atom. The Labute approximate surface area is 164 Å². The second kappa shape index (κ2) is 8.71. The minimum atomic E-state index is -0.228. The number of amides is 1. The number of carbonyl (C=O) groups excluding carboxylic acids is 1. The highest BCUT2D eigenvalue weighted by Gasteiger charge is 2.22. The lowest BCUT2D eigenvalue weighted by atomic mass is 9.92. The summed E-state index contributed by atoms with van der Waals surface area (Å²) in [5.74, 6) is 2.36. The number of nitrogens with zero attached hydrogens (tertiary/aromatic N) is 2. The van der Waals surface area contributed by atoms with E-state index in [4.69, 9.17) is 9.47 Å². The van der Waals surface area contributed by atoms with Gasteiger partial charge in [0.1, 0.15) is 11.5 Å². The Morgan fingerprint density at radius 3 is 2.41 bits per heavy atom. The molecule has 0 unspecified atom stereocenters. The zero-order valence-electron chi connectivity index (χ0n) is 16.3. The predicted molar refractivity (Wildman–Crippen MR) is 108 cm³/mol. The van der Waals surface area contributed by atoms with E-state index in [2.05, 4.69) is 29.0 Å². The van der Waals surface area contributed by atoms with Gasteiger partial charge in [0.15, 0.2) is 5.13 Å². The molecule has 1 aromatic carbocycles. The Morgan fingerprint density at radius 2 is 1.81 bits per heavy atom. The third kappa shape index (κ3) is 5.20. The summed E-state index contributed by atoms with van der Waals surface area (Å²) in [7, 11) is 3.12. The quantitative estimate of drug-likeness (QED) is 0.812. The normalized spacial score (nSPS) is 20.3. The molecule has 1 fully saturated rings. The van der Waals surface area contributed by atoms with Crippen LogP contribution in [0.25, 0.3) is 0 Å². The fourth-order valence-electron chi connectivity index (χ4n) is 3.70. The summed E-state index contributed by atoms with van der Waals surface area (Å²) < 4.78 is 10.5. The number of benzene rings is 1. The van der Waals surface area contributed by atoms with Gasteiger partial charge in [0.2, 0.25) is 0 Å². The van der Waals surface area contributed by atoms with E-state index in [0.29, 0.717) is 22.2 Å². The Kier molecular flexibility index (Phi) is 6.34. The van der Waals surface area contributed by atoms with Crippen LogP contribution in [-0.4, -0.2) is 43.1 Å². The Bertz CT molecular complexity index is 760. The number of nitrogens with one attached hydrogen (secondary N) is 1. The molecule has 0 saturated carbocycles. The van der Waals surface area contributed by atoms with Gasteiger partial charge in [-0.2, -0.15) is 0 Å². The minimum Gasteiger partial charge on any atom is -0.497 e. The smallest absolute Gasteiger partial charge is 0.257 e. The van der Waals surface area contributed by atoms with E-state index in [1.54, 1.807) is 32.4 Å². The Balaban J connectivity index is 1.64. The van der Waals surface area contributed by atoms with Crippen molar-refractivity contribution in [1.82, 2.24) is 9.88 Å². The molecule has 1 N–H and O–H groups in total. The van der Waals surface area contributed by atoms with Crippen LogP contribution in [-0.2, 0) is 6.54 Å². The van der Waals surface area contributed by atoms with E-state index >= 15 is 0 Å². The standard InChI is InChI=1S/C20H27N3O3S/c1-13-5-14(2)10-23(9-13)11-16-12-27-20(21-16)22-19(24)15-6-17(25-3)8-18(7-15)26-4/h6-8,12-14H,5,9-11H2,1-4H3,(H,21,22,24)/t13-,14-/m0/s1. The van der Waals surface area contributed by atoms with E-state index in [1.807, 2.05) is 5.38 Å². The zero-order valence-corrected chi connectivity index (χ0v) is 17.1. The largest absolute Gasteiger partial charge is 0.497 e. The van der Waals surface area contributed by atoms with Gasteiger partial charge in [-0.25, -0.2) is 4.98 Å². The summed E-state index contributed by atoms with van der Waals surface area (Å²) in [5.41, 5.74) is 1.47. The molecule has 27 heavy (non-hydrogen) atoms. The summed E-state index contributed by atoms with van der Waals surface area (Å²) in [5, 5.41) is 5.50. The van der Waals surface area contributed by atoms with Gasteiger partial charge in [0.25, 0.3) is 5.91 Å². The van der Waals surface area contributed by atoms with E-state index in [-0.39, 0.29) is 5.91 Å². The molecule has 146 valence electrons. The van der Waals surface area contributed by atoms with Gasteiger partial charge in [0.05, 0.1) is 19.9 Å². The van der Waals surface area contributed by atoms with Crippen molar-refractivity contribution in [3.8, 4) is 11.5 Å². The van der Waals surface area contributed by atoms with Crippen molar-refractivity contribution in [1.29, 1.82) is 0 Å². The molecule has 0 spiro atoms. The van der Waals surface area contributed by atoms with Crippen LogP contribution >= 0.6 is 11.3 Å². The lowest BCUT2D eigenvalue weighted by Gasteiger charge is -2.34. The van der Waals surface area contributed by atoms with E-state index in [0.717, 1.165) is 37.2 Å². The van der Waals surface area contributed by atoms with E-state index < -0.39 is 0 Å². The lowest BCUT2D eigenvalue weighted by molar-refractivity contribution is 0.102. The highest BCUT2D eigenvalue weighted by atomic mass is 32.1. The topological polar surface area (TPSA) is 63.7 Å². The van der Waals surface area contributed by atoms with Gasteiger partial charge in [-0.05, 0) is 30.4 Å². The van der Waals surface area contributed by atoms with Gasteiger partial charge >= 0.3 is 0 Å². The maximum Gasteiger partial charge on any atom is 0.257 e. The number of rotatable bonds is 6. The number of hydrogen-bond acceptors (Lipinski definition) is 6. The molecule has 0 radical (unpaired) electrons. The van der Waals surface area contributed by atoms with Crippen LogP contribution in [0.4, 0.5) is 5.13 Å². The fourth-order valence-corrected chi connectivity index (χ4v) is 4.39. The van der Waals surface area contributed by atoms with Crippen molar-refractivity contribution < 1.29 is 14.3 Å². The third-order valence-electron chi connectivity index (χ3n) is 4.72. The second-order valence-corrected chi connectivity index (χ2v) is 8.20. The summed E-state index contributed by atoms with van der Waals surface area (Å²) in [4.78, 5) is 19.6. The van der Waals surface area contributed by atoms with Gasteiger partial charge in [0, 0.05) is 36.6 Å². The predicted octanol–water partition coefficient (Wildman–Crippen LogP) is 3.89. The molecule has 1 amide bonds. The first-order chi connectivity index (χ1) is 13.0. The fraction of sp³-hybridized carbons (Fsp3) is 0.500. The maximum atomic E-state index is 12.6. The molecule has 3 rings (SSSR count). The molecule has 1 aliphatic heterocycles. The zero-order chi connectivity index (χ0) is 19.4. The van der Waals surface area contributed by atoms with Crippen molar-refractivity contribution in [3.05, 3.63) is 34.8 Å². The van der Waals surface area contributed by atoms with Gasteiger partial charge in [-0.3, -0.25) is 15.0 Å². The summed E-state index contributed by atoms with van der Waals surface area (Å²) in [6.45, 7) is 7.64. The average Bonchev–Trinajstić information content (AvgIpc) is 3.07. The van der Waals surface area contributed by atoms with Crippen molar-refractivity contribution >= 4 is 22.4 Å². The van der Waals surface area contributed by atoms with Crippen LogP contribution in [0.1, 0.15) is 36.3 Å². The monoisotopic (exact) mass is 389 g/mol. The van der Waals surface area contributed by atoms with Gasteiger partial charge < -0.3 is 9.47 Å². The molecular weight excluding hydrogens is 362 g/mol. The molecule has 1 saturated heterocycles. The minimum absolute atomic E-state index is 0.228. The van der Waals surface area contributed by atoms with Crippen LogP contribution in [0.5, 0.6) is 11.5 Å². The first kappa shape index (κ1) is 19.6. The number of piperidine rings is 1. The van der Waals surface area contributed by atoms with Crippen LogP contribution in [0.15, 0.2) is 23.6 Å². The molecule has 2 aromatic rings. The van der Waals surface area contributed by atoms with Crippen LogP contribution in [0, 0.1) is 11.8 Å². The molecule has 0 bridgehead atoms. The molecule has 2 atom stereocenters. The van der Waals surface area contributed by atoms with Crippen molar-refractivity contribution in [2.75, 3.05) is 32.6 Å². The number of aromatic nitrogens is 1. The number of likely N-dealkylation sites (tertiary alicyclic amines) is 1. The third-order valence-corrected chi connectivity index (χ3v) is 5.52. The van der Waals surface area contributed by atoms with Crippen LogP contribution in [0.2, 0.25) is 0 Å². The Hall–Kier alpha value is -2.12. The summed E-state index contributed by atoms with van der Waals surface area (Å²) >= 11 is 1.45. The molecule has 7 heteroatoms. The van der Waals surface area contributed by atoms with Crippen molar-refractivity contribution in [2.24, 2.45) is 11.8 Å². The van der Waals surface area contributed by atoms with E-state index in [9.17, 15) is 4.79 Å². The maximum absolute atomic E-state index is 12.6. The number of carbonyl (C=O) groups is 1. The number of hydrogen-bond donors (Lipinski definition) is 1. The molecule has 1 aliphatic rings. The summed E-state index contributed by atoms with van der Waals surface area (Å²) in [6.07, 6.45) is 1.29. The number of thiazole rings is 1. The molecular formula is C20H27N3O3S. The van der Waals surface area contributed by atoms with Crippen molar-refractivity contribution in [2.45, 2.75) is 26.8 Å². The highest BCUT2D eigenvalue weighted by Crippen LogP contribution is 2.26.